The summed E-state index contributed by atoms with van der Waals surface area (Å²) in [5.41, 5.74) is 4.62. The Morgan fingerprint density at radius 1 is 1.33 bits per heavy atom. The summed E-state index contributed by atoms with van der Waals surface area (Å²) in [6.45, 7) is 7.63. The summed E-state index contributed by atoms with van der Waals surface area (Å²) in [5, 5.41) is 17.1. The molecule has 3 aromatic rings. The van der Waals surface area contributed by atoms with Crippen molar-refractivity contribution in [3.8, 4) is 11.4 Å². The number of hydrogen-bond acceptors (Lipinski definition) is 8. The molecule has 1 atom stereocenters. The monoisotopic (exact) mass is 386 g/mol. The van der Waals surface area contributed by atoms with Gasteiger partial charge in [0.15, 0.2) is 0 Å². The van der Waals surface area contributed by atoms with Gasteiger partial charge in [0.1, 0.15) is 17.0 Å². The summed E-state index contributed by atoms with van der Waals surface area (Å²) in [6.07, 6.45) is -0.262. The van der Waals surface area contributed by atoms with E-state index in [1.54, 1.807) is 0 Å². The van der Waals surface area contributed by atoms with Crippen LogP contribution in [-0.2, 0) is 4.74 Å². The molecule has 2 N–H and O–H groups in total. The van der Waals surface area contributed by atoms with E-state index in [1.165, 1.54) is 11.5 Å². The number of β-amino-alcohol motifs (C(OH)–C–C–N with tert-alkyl or cyclic N) is 1. The number of ether oxygens (including phenoxy) is 1. The molecule has 2 aliphatic rings. The van der Waals surface area contributed by atoms with E-state index in [2.05, 4.69) is 37.4 Å². The molecule has 2 saturated heterocycles. The fraction of sp³-hybridized carbons (Fsp3) is 0.500. The molecule has 0 bridgehead atoms. The average Bonchev–Trinajstić information content (AvgIpc) is 3.24. The molecular weight excluding hydrogens is 364 g/mol. The SMILES string of the molecule is Cc1cc(-c2nsc3c(N4CC(O)C4)cc(N4CCOC[C@H]4C)nc23)[nH]n1. The van der Waals surface area contributed by atoms with Gasteiger partial charge in [-0.15, -0.1) is 0 Å². The minimum absolute atomic E-state index is 0.262. The second-order valence-corrected chi connectivity index (χ2v) is 8.08. The Bertz CT molecular complexity index is 980. The van der Waals surface area contributed by atoms with Gasteiger partial charge in [-0.3, -0.25) is 5.10 Å². The molecule has 0 radical (unpaired) electrons. The van der Waals surface area contributed by atoms with Crippen LogP contribution in [0, 0.1) is 6.92 Å². The summed E-state index contributed by atoms with van der Waals surface area (Å²) in [6, 6.07) is 4.40. The first-order valence-electron chi connectivity index (χ1n) is 9.20. The number of aliphatic hydroxyl groups excluding tert-OH is 1. The minimum Gasteiger partial charge on any atom is -0.389 e. The van der Waals surface area contributed by atoms with E-state index in [4.69, 9.17) is 9.72 Å². The van der Waals surface area contributed by atoms with Crippen molar-refractivity contribution in [1.82, 2.24) is 19.6 Å². The number of aryl methyl sites for hydroxylation is 1. The van der Waals surface area contributed by atoms with Gasteiger partial charge in [-0.1, -0.05) is 0 Å². The number of rotatable bonds is 3. The smallest absolute Gasteiger partial charge is 0.131 e. The quantitative estimate of drug-likeness (QED) is 0.709. The van der Waals surface area contributed by atoms with Gasteiger partial charge >= 0.3 is 0 Å². The van der Waals surface area contributed by atoms with Crippen LogP contribution in [0.2, 0.25) is 0 Å². The lowest BCUT2D eigenvalue weighted by Gasteiger charge is -2.39. The number of aromatic amines is 1. The van der Waals surface area contributed by atoms with Gasteiger partial charge in [0.05, 0.1) is 47.1 Å². The maximum Gasteiger partial charge on any atom is 0.131 e. The van der Waals surface area contributed by atoms with Crippen LogP contribution in [0.5, 0.6) is 0 Å². The van der Waals surface area contributed by atoms with Crippen LogP contribution >= 0.6 is 11.5 Å². The predicted molar refractivity (Wildman–Crippen MR) is 106 cm³/mol. The van der Waals surface area contributed by atoms with Gasteiger partial charge in [0.25, 0.3) is 0 Å². The van der Waals surface area contributed by atoms with Crippen molar-refractivity contribution in [2.45, 2.75) is 26.0 Å². The summed E-state index contributed by atoms with van der Waals surface area (Å²) in [7, 11) is 0. The first-order valence-corrected chi connectivity index (χ1v) is 9.97. The van der Waals surface area contributed by atoms with Crippen molar-refractivity contribution >= 4 is 33.3 Å². The van der Waals surface area contributed by atoms with Crippen LogP contribution in [0.25, 0.3) is 21.6 Å². The highest BCUT2D eigenvalue weighted by atomic mass is 32.1. The normalized spacial score (nSPS) is 21.1. The lowest BCUT2D eigenvalue weighted by molar-refractivity contribution is 0.0985. The summed E-state index contributed by atoms with van der Waals surface area (Å²) >= 11 is 1.45. The Balaban J connectivity index is 1.66. The third kappa shape index (κ3) is 2.86. The summed E-state index contributed by atoms with van der Waals surface area (Å²) < 4.78 is 11.3. The van der Waals surface area contributed by atoms with Crippen LogP contribution < -0.4 is 9.80 Å². The van der Waals surface area contributed by atoms with Crippen molar-refractivity contribution in [2.75, 3.05) is 42.6 Å². The molecule has 27 heavy (non-hydrogen) atoms. The highest BCUT2D eigenvalue weighted by Crippen LogP contribution is 2.39. The molecule has 0 unspecified atom stereocenters. The van der Waals surface area contributed by atoms with Gasteiger partial charge < -0.3 is 19.6 Å². The third-order valence-electron chi connectivity index (χ3n) is 5.22. The van der Waals surface area contributed by atoms with Crippen molar-refractivity contribution in [3.05, 3.63) is 17.8 Å². The molecule has 142 valence electrons. The molecular formula is C18H22N6O2S. The van der Waals surface area contributed by atoms with Crippen molar-refractivity contribution in [3.63, 3.8) is 0 Å². The lowest BCUT2D eigenvalue weighted by atomic mass is 10.1. The minimum atomic E-state index is -0.262. The first-order chi connectivity index (χ1) is 13.1. The number of aromatic nitrogens is 4. The van der Waals surface area contributed by atoms with Gasteiger partial charge in [-0.05, 0) is 31.4 Å². The van der Waals surface area contributed by atoms with E-state index in [1.807, 2.05) is 13.0 Å². The van der Waals surface area contributed by atoms with Gasteiger partial charge in [0, 0.05) is 25.7 Å². The van der Waals surface area contributed by atoms with Crippen molar-refractivity contribution in [1.29, 1.82) is 0 Å². The Hall–Kier alpha value is -2.23. The number of nitrogens with zero attached hydrogens (tertiary/aromatic N) is 5. The molecule has 5 heterocycles. The zero-order valence-electron chi connectivity index (χ0n) is 15.3. The number of nitrogens with one attached hydrogen (secondary N) is 1. The Morgan fingerprint density at radius 3 is 2.89 bits per heavy atom. The van der Waals surface area contributed by atoms with Gasteiger partial charge in [0.2, 0.25) is 0 Å². The zero-order chi connectivity index (χ0) is 18.5. The molecule has 2 aliphatic heterocycles. The van der Waals surface area contributed by atoms with E-state index in [0.29, 0.717) is 26.3 Å². The molecule has 0 saturated carbocycles. The molecule has 0 amide bonds. The second kappa shape index (κ2) is 6.43. The number of H-pyrrole nitrogens is 1. The van der Waals surface area contributed by atoms with Crippen LogP contribution in [0.15, 0.2) is 12.1 Å². The van der Waals surface area contributed by atoms with E-state index in [-0.39, 0.29) is 12.1 Å². The zero-order valence-corrected chi connectivity index (χ0v) is 16.2. The Labute approximate surface area is 160 Å². The maximum absolute atomic E-state index is 9.79. The highest BCUT2D eigenvalue weighted by molar-refractivity contribution is 7.14. The van der Waals surface area contributed by atoms with Crippen LogP contribution in [0.1, 0.15) is 12.6 Å². The van der Waals surface area contributed by atoms with Crippen LogP contribution in [-0.4, -0.2) is 69.7 Å². The Morgan fingerprint density at radius 2 is 2.19 bits per heavy atom. The third-order valence-corrected chi connectivity index (χ3v) is 6.08. The van der Waals surface area contributed by atoms with Crippen LogP contribution in [0.3, 0.4) is 0 Å². The number of fused-ring (bicyclic) bond motifs is 1. The molecule has 3 aromatic heterocycles. The molecule has 0 aromatic carbocycles. The van der Waals surface area contributed by atoms with E-state index in [9.17, 15) is 5.11 Å². The number of morpholine rings is 1. The van der Waals surface area contributed by atoms with Gasteiger partial charge in [-0.25, -0.2) is 4.98 Å². The number of pyridine rings is 1. The van der Waals surface area contributed by atoms with E-state index >= 15 is 0 Å². The predicted octanol–water partition coefficient (Wildman–Crippen LogP) is 1.80. The number of aliphatic hydroxyl groups is 1. The fourth-order valence-electron chi connectivity index (χ4n) is 3.71. The van der Waals surface area contributed by atoms with E-state index < -0.39 is 0 Å². The number of hydrogen-bond donors (Lipinski definition) is 2. The van der Waals surface area contributed by atoms with Gasteiger partial charge in [-0.2, -0.15) is 9.47 Å². The molecule has 5 rings (SSSR count). The molecule has 9 heteroatoms. The standard InChI is InChI=1S/C18H22N6O2S/c1-10-5-13(21-20-10)16-17-18(27-22-16)14(23-7-12(25)8-23)6-15(19-17)24-3-4-26-9-11(24)2/h5-6,11-12,25H,3-4,7-9H2,1-2H3,(H,20,21)/t11-/m1/s1. The van der Waals surface area contributed by atoms with Crippen molar-refractivity contribution in [2.24, 2.45) is 0 Å². The first kappa shape index (κ1) is 16.9. The fourth-order valence-corrected chi connectivity index (χ4v) is 4.59. The maximum atomic E-state index is 9.79. The summed E-state index contributed by atoms with van der Waals surface area (Å²) in [4.78, 5) is 9.49. The molecule has 0 aliphatic carbocycles. The lowest BCUT2D eigenvalue weighted by Crippen LogP contribution is -2.51. The second-order valence-electron chi connectivity index (χ2n) is 7.31. The topological polar surface area (TPSA) is 90.4 Å². The van der Waals surface area contributed by atoms with Crippen molar-refractivity contribution < 1.29 is 9.84 Å². The molecule has 2 fully saturated rings. The summed E-state index contributed by atoms with van der Waals surface area (Å²) in [5.74, 6) is 0.937. The average molecular weight is 386 g/mol. The molecule has 0 spiro atoms. The number of anilines is 2. The largest absolute Gasteiger partial charge is 0.389 e. The van der Waals surface area contributed by atoms with E-state index in [0.717, 1.165) is 45.3 Å². The molecule has 8 nitrogen and oxygen atoms in total. The highest BCUT2D eigenvalue weighted by Gasteiger charge is 2.30. The van der Waals surface area contributed by atoms with Crippen LogP contribution in [0.4, 0.5) is 11.5 Å². The Kier molecular flexibility index (Phi) is 4.03.